The first kappa shape index (κ1) is 15.0. The Bertz CT molecular complexity index is 379. The normalized spacial score (nSPS) is 12.7. The van der Waals surface area contributed by atoms with E-state index in [-0.39, 0.29) is 11.9 Å². The Hall–Kier alpha value is -1.01. The zero-order valence-electron chi connectivity index (χ0n) is 11.1. The molecular weight excluding hydrogens is 250 g/mol. The Morgan fingerprint density at radius 3 is 2.94 bits per heavy atom. The van der Waals surface area contributed by atoms with Crippen LogP contribution in [0.1, 0.15) is 42.7 Å². The Kier molecular flexibility index (Phi) is 6.21. The molecule has 0 aromatic carbocycles. The molecule has 0 fully saturated rings. The number of carbonyl (C=O) groups is 1. The van der Waals surface area contributed by atoms with Gasteiger partial charge in [-0.15, -0.1) is 0 Å². The minimum absolute atomic E-state index is 0.212. The molecule has 0 aliphatic heterocycles. The molecule has 3 N–H and O–H groups in total. The molecule has 5 nitrogen and oxygen atoms in total. The summed E-state index contributed by atoms with van der Waals surface area (Å²) in [4.78, 5) is 15.8. The van der Waals surface area contributed by atoms with Gasteiger partial charge in [-0.05, 0) is 18.6 Å². The lowest BCUT2D eigenvalue weighted by Crippen LogP contribution is -2.26. The lowest BCUT2D eigenvalue weighted by atomic mass is 10.0. The first-order chi connectivity index (χ1) is 8.54. The molecule has 1 amide bonds. The van der Waals surface area contributed by atoms with Crippen molar-refractivity contribution in [3.8, 4) is 0 Å². The van der Waals surface area contributed by atoms with Gasteiger partial charge >= 0.3 is 0 Å². The molecule has 102 valence electrons. The molecule has 0 radical (unpaired) electrons. The number of thioether (sulfide) groups is 1. The smallest absolute Gasteiger partial charge is 0.273 e. The third kappa shape index (κ3) is 4.70. The topological polar surface area (TPSA) is 81.2 Å². The Balaban J connectivity index is 2.54. The molecule has 1 aromatic rings. The van der Waals surface area contributed by atoms with Crippen molar-refractivity contribution in [1.82, 2.24) is 10.3 Å². The van der Waals surface area contributed by atoms with Crippen LogP contribution in [0.3, 0.4) is 0 Å². The van der Waals surface area contributed by atoms with Crippen molar-refractivity contribution in [2.75, 3.05) is 18.6 Å². The lowest BCUT2D eigenvalue weighted by molar-refractivity contribution is 0.0951. The summed E-state index contributed by atoms with van der Waals surface area (Å²) in [6, 6.07) is -0.252. The summed E-state index contributed by atoms with van der Waals surface area (Å²) >= 11 is 1.68. The zero-order valence-corrected chi connectivity index (χ0v) is 11.9. The molecule has 0 spiro atoms. The third-order valence-corrected chi connectivity index (χ3v) is 3.00. The average Bonchev–Trinajstić information content (AvgIpc) is 2.77. The molecule has 1 atom stereocenters. The molecule has 1 rings (SSSR count). The SMILES string of the molecule is CSCCNC(=O)c1coc(C(N)CC(C)C)n1. The van der Waals surface area contributed by atoms with Gasteiger partial charge in [0, 0.05) is 12.3 Å². The number of nitrogens with two attached hydrogens (primary N) is 1. The number of amides is 1. The van der Waals surface area contributed by atoms with E-state index in [0.717, 1.165) is 12.2 Å². The highest BCUT2D eigenvalue weighted by atomic mass is 32.2. The summed E-state index contributed by atoms with van der Waals surface area (Å²) in [5, 5.41) is 2.77. The first-order valence-electron chi connectivity index (χ1n) is 6.02. The van der Waals surface area contributed by atoms with Crippen molar-refractivity contribution in [2.24, 2.45) is 11.7 Å². The molecule has 6 heteroatoms. The summed E-state index contributed by atoms with van der Waals surface area (Å²) in [6.45, 7) is 4.79. The predicted molar refractivity (Wildman–Crippen MR) is 73.6 cm³/mol. The van der Waals surface area contributed by atoms with Crippen LogP contribution in [0.2, 0.25) is 0 Å². The van der Waals surface area contributed by atoms with E-state index >= 15 is 0 Å². The number of aromatic nitrogens is 1. The molecule has 0 saturated heterocycles. The fourth-order valence-electron chi connectivity index (χ4n) is 1.53. The highest BCUT2D eigenvalue weighted by molar-refractivity contribution is 7.98. The van der Waals surface area contributed by atoms with Crippen LogP contribution in [0, 0.1) is 5.92 Å². The maximum absolute atomic E-state index is 11.7. The predicted octanol–water partition coefficient (Wildman–Crippen LogP) is 1.81. The van der Waals surface area contributed by atoms with Gasteiger partial charge in [-0.25, -0.2) is 4.98 Å². The van der Waals surface area contributed by atoms with Gasteiger partial charge in [-0.2, -0.15) is 11.8 Å². The minimum Gasteiger partial charge on any atom is -0.446 e. The summed E-state index contributed by atoms with van der Waals surface area (Å²) in [6.07, 6.45) is 4.14. The molecule has 1 unspecified atom stereocenters. The number of rotatable bonds is 7. The Morgan fingerprint density at radius 1 is 1.61 bits per heavy atom. The van der Waals surface area contributed by atoms with Gasteiger partial charge < -0.3 is 15.5 Å². The number of hydrogen-bond donors (Lipinski definition) is 2. The van der Waals surface area contributed by atoms with Crippen molar-refractivity contribution >= 4 is 17.7 Å². The summed E-state index contributed by atoms with van der Waals surface area (Å²) in [5.74, 6) is 1.56. The zero-order chi connectivity index (χ0) is 13.5. The first-order valence-corrected chi connectivity index (χ1v) is 7.42. The molecule has 18 heavy (non-hydrogen) atoms. The van der Waals surface area contributed by atoms with E-state index in [1.807, 2.05) is 6.26 Å². The van der Waals surface area contributed by atoms with E-state index in [1.54, 1.807) is 11.8 Å². The molecule has 1 aromatic heterocycles. The fraction of sp³-hybridized carbons (Fsp3) is 0.667. The Labute approximate surface area is 112 Å². The molecule has 1 heterocycles. The second-order valence-corrected chi connectivity index (χ2v) is 5.54. The van der Waals surface area contributed by atoms with Crippen LogP contribution < -0.4 is 11.1 Å². The standard InChI is InChI=1S/C12H21N3O2S/c1-8(2)6-9(13)12-15-10(7-17-12)11(16)14-4-5-18-3/h7-9H,4-6,13H2,1-3H3,(H,14,16). The van der Waals surface area contributed by atoms with Crippen molar-refractivity contribution < 1.29 is 9.21 Å². The molecular formula is C12H21N3O2S. The van der Waals surface area contributed by atoms with Gasteiger partial charge in [0.2, 0.25) is 5.89 Å². The number of carbonyl (C=O) groups excluding carboxylic acids is 1. The molecule has 0 aliphatic rings. The van der Waals surface area contributed by atoms with E-state index in [1.165, 1.54) is 6.26 Å². The van der Waals surface area contributed by atoms with E-state index in [0.29, 0.717) is 24.0 Å². The fourth-order valence-corrected chi connectivity index (χ4v) is 1.83. The van der Waals surface area contributed by atoms with Crippen LogP contribution in [0.4, 0.5) is 0 Å². The monoisotopic (exact) mass is 271 g/mol. The van der Waals surface area contributed by atoms with Gasteiger partial charge in [0.05, 0.1) is 6.04 Å². The van der Waals surface area contributed by atoms with Crippen LogP contribution in [-0.2, 0) is 0 Å². The second-order valence-electron chi connectivity index (χ2n) is 4.56. The number of nitrogens with one attached hydrogen (secondary N) is 1. The van der Waals surface area contributed by atoms with Gasteiger partial charge in [0.15, 0.2) is 5.69 Å². The highest BCUT2D eigenvalue weighted by Crippen LogP contribution is 2.17. The van der Waals surface area contributed by atoms with Crippen LogP contribution in [-0.4, -0.2) is 29.4 Å². The molecule has 0 saturated carbocycles. The van der Waals surface area contributed by atoms with Crippen LogP contribution in [0.15, 0.2) is 10.7 Å². The summed E-state index contributed by atoms with van der Waals surface area (Å²) in [5.41, 5.74) is 6.24. The molecule has 0 bridgehead atoms. The highest BCUT2D eigenvalue weighted by Gasteiger charge is 2.17. The largest absolute Gasteiger partial charge is 0.446 e. The maximum Gasteiger partial charge on any atom is 0.273 e. The van der Waals surface area contributed by atoms with Gasteiger partial charge in [0.25, 0.3) is 5.91 Å². The average molecular weight is 271 g/mol. The van der Waals surface area contributed by atoms with Crippen LogP contribution >= 0.6 is 11.8 Å². The van der Waals surface area contributed by atoms with Crippen molar-refractivity contribution in [2.45, 2.75) is 26.3 Å². The van der Waals surface area contributed by atoms with Gasteiger partial charge in [0.1, 0.15) is 6.26 Å². The van der Waals surface area contributed by atoms with E-state index in [2.05, 4.69) is 24.1 Å². The number of nitrogens with zero attached hydrogens (tertiary/aromatic N) is 1. The van der Waals surface area contributed by atoms with Gasteiger partial charge in [-0.3, -0.25) is 4.79 Å². The van der Waals surface area contributed by atoms with Gasteiger partial charge in [-0.1, -0.05) is 13.8 Å². The number of oxazole rings is 1. The van der Waals surface area contributed by atoms with Crippen molar-refractivity contribution in [1.29, 1.82) is 0 Å². The van der Waals surface area contributed by atoms with Crippen molar-refractivity contribution in [3.63, 3.8) is 0 Å². The van der Waals surface area contributed by atoms with E-state index < -0.39 is 0 Å². The quantitative estimate of drug-likeness (QED) is 0.739. The van der Waals surface area contributed by atoms with E-state index in [9.17, 15) is 4.79 Å². The maximum atomic E-state index is 11.7. The Morgan fingerprint density at radius 2 is 2.33 bits per heavy atom. The summed E-state index contributed by atoms with van der Waals surface area (Å²) < 4.78 is 5.25. The third-order valence-electron chi connectivity index (χ3n) is 2.39. The molecule has 0 aliphatic carbocycles. The lowest BCUT2D eigenvalue weighted by Gasteiger charge is -2.09. The van der Waals surface area contributed by atoms with Crippen LogP contribution in [0.25, 0.3) is 0 Å². The van der Waals surface area contributed by atoms with Crippen LogP contribution in [0.5, 0.6) is 0 Å². The summed E-state index contributed by atoms with van der Waals surface area (Å²) in [7, 11) is 0. The van der Waals surface area contributed by atoms with Crippen molar-refractivity contribution in [3.05, 3.63) is 17.8 Å². The second kappa shape index (κ2) is 7.43. The number of hydrogen-bond acceptors (Lipinski definition) is 5. The minimum atomic E-state index is -0.252. The van der Waals surface area contributed by atoms with E-state index in [4.69, 9.17) is 10.2 Å².